The maximum absolute atomic E-state index is 7.80. The number of rotatable bonds is 0. The summed E-state index contributed by atoms with van der Waals surface area (Å²) < 4.78 is 13.3. The van der Waals surface area contributed by atoms with Crippen molar-refractivity contribution in [1.29, 1.82) is 0 Å². The van der Waals surface area contributed by atoms with Gasteiger partial charge in [-0.2, -0.15) is 0 Å². The van der Waals surface area contributed by atoms with Crippen molar-refractivity contribution in [3.63, 3.8) is 0 Å². The number of benzene rings is 1. The van der Waals surface area contributed by atoms with E-state index in [1.165, 1.54) is 5.56 Å². The molecule has 2 rings (SSSR count). The molecule has 0 unspecified atom stereocenters. The van der Waals surface area contributed by atoms with Gasteiger partial charge in [0.2, 0.25) is 0 Å². The Labute approximate surface area is 86.1 Å². The predicted octanol–water partition coefficient (Wildman–Crippen LogP) is 4.04. The number of fused-ring (bicyclic) bond motifs is 1. The van der Waals surface area contributed by atoms with Crippen LogP contribution in [-0.2, 0) is 5.41 Å². The van der Waals surface area contributed by atoms with Crippen molar-refractivity contribution < 1.29 is 5.79 Å². The maximum Gasteiger partial charge on any atom is 0.134 e. The molecule has 0 fully saturated rings. The molecule has 74 valence electrons. The third kappa shape index (κ3) is 1.54. The van der Waals surface area contributed by atoms with Crippen LogP contribution >= 0.6 is 0 Å². The zero-order valence-corrected chi connectivity index (χ0v) is 9.14. The van der Waals surface area contributed by atoms with Crippen molar-refractivity contribution >= 4 is 11.0 Å². The summed E-state index contributed by atoms with van der Waals surface area (Å²) in [4.78, 5) is 0. The smallest absolute Gasteiger partial charge is 0.134 e. The highest BCUT2D eigenvalue weighted by atomic mass is 16.3. The highest BCUT2D eigenvalue weighted by Crippen LogP contribution is 2.27. The Morgan fingerprint density at radius 3 is 2.64 bits per heavy atom. The number of hydrogen-bond acceptors (Lipinski definition) is 1. The molecular weight excluding hydrogens is 172 g/mol. The second kappa shape index (κ2) is 2.88. The summed E-state index contributed by atoms with van der Waals surface area (Å²) in [5.74, 6) is 0.691. The van der Waals surface area contributed by atoms with Crippen LogP contribution in [0.1, 0.15) is 33.5 Å². The molecule has 0 aliphatic rings. The lowest BCUT2D eigenvalue weighted by Crippen LogP contribution is -2.10. The van der Waals surface area contributed by atoms with Crippen molar-refractivity contribution in [3.05, 3.63) is 35.6 Å². The lowest BCUT2D eigenvalue weighted by molar-refractivity contribution is 0.568. The van der Waals surface area contributed by atoms with Gasteiger partial charge in [-0.25, -0.2) is 0 Å². The van der Waals surface area contributed by atoms with E-state index in [1.807, 2.05) is 19.1 Å². The minimum absolute atomic E-state index is 0.122. The molecule has 0 saturated carbocycles. The molecule has 0 aliphatic heterocycles. The van der Waals surface area contributed by atoms with Gasteiger partial charge in [0.05, 0.1) is 1.37 Å². The highest BCUT2D eigenvalue weighted by Gasteiger charge is 2.14. The van der Waals surface area contributed by atoms with Crippen molar-refractivity contribution in [2.75, 3.05) is 0 Å². The van der Waals surface area contributed by atoms with E-state index in [0.717, 1.165) is 11.0 Å². The van der Waals surface area contributed by atoms with Crippen LogP contribution in [0.4, 0.5) is 0 Å². The van der Waals surface area contributed by atoms with E-state index in [1.54, 1.807) is 0 Å². The normalized spacial score (nSPS) is 13.3. The Hall–Kier alpha value is -1.24. The van der Waals surface area contributed by atoms with Crippen molar-refractivity contribution in [2.24, 2.45) is 0 Å². The fraction of sp³-hybridized carbons (Fsp3) is 0.385. The molecule has 0 aliphatic carbocycles. The Kier molecular flexibility index (Phi) is 1.66. The van der Waals surface area contributed by atoms with Gasteiger partial charge in [0.1, 0.15) is 11.3 Å². The molecule has 0 bridgehead atoms. The molecule has 0 N–H and O–H groups in total. The third-order valence-corrected chi connectivity index (χ3v) is 2.42. The van der Waals surface area contributed by atoms with Crippen molar-refractivity contribution in [1.82, 2.24) is 0 Å². The Balaban J connectivity index is 2.67. The average molecular weight is 189 g/mol. The second-order valence-electron chi connectivity index (χ2n) is 4.74. The Bertz CT molecular complexity index is 503. The van der Waals surface area contributed by atoms with Crippen LogP contribution in [0.15, 0.2) is 28.7 Å². The summed E-state index contributed by atoms with van der Waals surface area (Å²) in [5.41, 5.74) is 2.19. The molecule has 0 spiro atoms. The summed E-state index contributed by atoms with van der Waals surface area (Å²) in [6, 6.07) is 6.61. The first-order chi connectivity index (χ1) is 6.89. The van der Waals surface area contributed by atoms with Gasteiger partial charge in [-0.15, -0.1) is 0 Å². The summed E-state index contributed by atoms with van der Waals surface area (Å²) in [6.45, 7) is 8.35. The summed E-state index contributed by atoms with van der Waals surface area (Å²) in [6.07, 6.45) is 0. The summed E-state index contributed by atoms with van der Waals surface area (Å²) in [5, 5.41) is 0.903. The molecule has 2 aromatic rings. The first kappa shape index (κ1) is 8.10. The first-order valence-corrected chi connectivity index (χ1v) is 4.90. The van der Waals surface area contributed by atoms with Crippen LogP contribution in [0.5, 0.6) is 0 Å². The van der Waals surface area contributed by atoms with Gasteiger partial charge in [0.15, 0.2) is 0 Å². The topological polar surface area (TPSA) is 13.1 Å². The zero-order valence-electron chi connectivity index (χ0n) is 10.1. The van der Waals surface area contributed by atoms with Crippen LogP contribution in [0.25, 0.3) is 11.0 Å². The van der Waals surface area contributed by atoms with Gasteiger partial charge in [-0.3, -0.25) is 0 Å². The molecule has 14 heavy (non-hydrogen) atoms. The maximum atomic E-state index is 7.80. The molecule has 1 heteroatoms. The lowest BCUT2D eigenvalue weighted by atomic mass is 9.87. The fourth-order valence-corrected chi connectivity index (χ4v) is 1.56. The lowest BCUT2D eigenvalue weighted by Gasteiger charge is -2.18. The van der Waals surface area contributed by atoms with Crippen molar-refractivity contribution in [3.8, 4) is 0 Å². The van der Waals surface area contributed by atoms with Crippen LogP contribution in [0.3, 0.4) is 0 Å². The molecule has 1 heterocycles. The largest absolute Gasteiger partial charge is 0.461 e. The van der Waals surface area contributed by atoms with E-state index in [0.29, 0.717) is 11.8 Å². The van der Waals surface area contributed by atoms with E-state index in [9.17, 15) is 0 Å². The van der Waals surface area contributed by atoms with Gasteiger partial charge < -0.3 is 4.42 Å². The summed E-state index contributed by atoms with van der Waals surface area (Å²) >= 11 is 0. The highest BCUT2D eigenvalue weighted by molar-refractivity contribution is 5.78. The van der Waals surface area contributed by atoms with E-state index in [2.05, 4.69) is 26.8 Å². The number of aryl methyl sites for hydroxylation is 1. The summed E-state index contributed by atoms with van der Waals surface area (Å²) in [7, 11) is 0. The minimum Gasteiger partial charge on any atom is -0.461 e. The third-order valence-electron chi connectivity index (χ3n) is 2.42. The van der Waals surface area contributed by atoms with Crippen LogP contribution in [-0.4, -0.2) is 0 Å². The van der Waals surface area contributed by atoms with Gasteiger partial charge >= 0.3 is 0 Å². The Morgan fingerprint density at radius 1 is 1.29 bits per heavy atom. The predicted molar refractivity (Wildman–Crippen MR) is 59.7 cm³/mol. The fourth-order valence-electron chi connectivity index (χ4n) is 1.56. The Morgan fingerprint density at radius 2 is 2.00 bits per heavy atom. The van der Waals surface area contributed by atoms with Crippen LogP contribution < -0.4 is 0 Å². The zero-order chi connectivity index (χ0) is 11.2. The SMILES string of the molecule is [2H]c1c(C)oc2cc(C(C)(C)C)ccc12. The van der Waals surface area contributed by atoms with E-state index in [-0.39, 0.29) is 5.41 Å². The van der Waals surface area contributed by atoms with E-state index in [4.69, 9.17) is 5.79 Å². The van der Waals surface area contributed by atoms with E-state index >= 15 is 0 Å². The molecule has 1 aromatic carbocycles. The quantitative estimate of drug-likeness (QED) is 0.609. The molecule has 1 aromatic heterocycles. The van der Waals surface area contributed by atoms with Crippen molar-refractivity contribution in [2.45, 2.75) is 33.1 Å². The van der Waals surface area contributed by atoms with E-state index < -0.39 is 0 Å². The minimum atomic E-state index is 0.122. The monoisotopic (exact) mass is 189 g/mol. The van der Waals surface area contributed by atoms with Crippen LogP contribution in [0, 0.1) is 6.92 Å². The first-order valence-electron chi connectivity index (χ1n) is 5.40. The average Bonchev–Trinajstić information content (AvgIpc) is 2.41. The van der Waals surface area contributed by atoms with Gasteiger partial charge in [-0.1, -0.05) is 32.9 Å². The molecule has 1 nitrogen and oxygen atoms in total. The standard InChI is InChI=1S/C13H16O/c1-9-7-10-5-6-11(13(2,3)4)8-12(10)14-9/h5-8H,1-4H3/i7D. The number of furan rings is 1. The van der Waals surface area contributed by atoms with Gasteiger partial charge in [0.25, 0.3) is 0 Å². The molecular formula is C13H16O. The second-order valence-corrected chi connectivity index (χ2v) is 4.74. The molecule has 0 amide bonds. The number of hydrogen-bond donors (Lipinski definition) is 0. The molecule has 0 atom stereocenters. The van der Waals surface area contributed by atoms with Gasteiger partial charge in [-0.05, 0) is 30.0 Å². The molecule has 0 radical (unpaired) electrons. The van der Waals surface area contributed by atoms with Crippen LogP contribution in [0.2, 0.25) is 0 Å². The van der Waals surface area contributed by atoms with Gasteiger partial charge in [0, 0.05) is 5.39 Å². The molecule has 0 saturated heterocycles.